The van der Waals surface area contributed by atoms with Gasteiger partial charge in [0, 0.05) is 17.6 Å². The summed E-state index contributed by atoms with van der Waals surface area (Å²) in [6.45, 7) is 2.64. The third-order valence-corrected chi connectivity index (χ3v) is 5.03. The molecule has 1 unspecified atom stereocenters. The number of rotatable bonds is 5. The molecule has 1 saturated heterocycles. The Labute approximate surface area is 144 Å². The van der Waals surface area contributed by atoms with Gasteiger partial charge in [0.15, 0.2) is 0 Å². The highest BCUT2D eigenvalue weighted by Gasteiger charge is 2.27. The molecular weight excluding hydrogens is 326 g/mol. The van der Waals surface area contributed by atoms with Crippen LogP contribution in [0.2, 0.25) is 0 Å². The van der Waals surface area contributed by atoms with Crippen molar-refractivity contribution in [2.45, 2.75) is 32.3 Å². The smallest absolute Gasteiger partial charge is 0.339 e. The number of benzene rings is 1. The Hall–Kier alpha value is -2.18. The number of thiophene rings is 1. The number of carboxylic acids is 1. The number of aryl methyl sites for hydroxylation is 1. The third-order valence-electron chi connectivity index (χ3n) is 4.14. The molecule has 126 valence electrons. The molecule has 5 nitrogen and oxygen atoms in total. The monoisotopic (exact) mass is 345 g/mol. The molecule has 2 aromatic rings. The number of hydrogen-bond donors (Lipinski definition) is 2. The van der Waals surface area contributed by atoms with Crippen LogP contribution in [0, 0.1) is 0 Å². The lowest BCUT2D eigenvalue weighted by molar-refractivity contribution is -0.124. The normalized spacial score (nSPS) is 17.0. The molecule has 2 N–H and O–H groups in total. The number of ether oxygens (including phenoxy) is 1. The Kier molecular flexibility index (Phi) is 4.97. The summed E-state index contributed by atoms with van der Waals surface area (Å²) in [5.41, 5.74) is 2.78. The molecule has 1 amide bonds. The van der Waals surface area contributed by atoms with Crippen LogP contribution in [0.15, 0.2) is 29.6 Å². The summed E-state index contributed by atoms with van der Waals surface area (Å²) in [6.07, 6.45) is 1.97. The van der Waals surface area contributed by atoms with Crippen molar-refractivity contribution in [2.24, 2.45) is 0 Å². The Bertz CT molecular complexity index is 745. The van der Waals surface area contributed by atoms with E-state index in [2.05, 4.69) is 12.2 Å². The molecule has 6 heteroatoms. The van der Waals surface area contributed by atoms with Crippen molar-refractivity contribution in [3.05, 3.63) is 40.8 Å². The molecule has 0 radical (unpaired) electrons. The van der Waals surface area contributed by atoms with Crippen LogP contribution in [-0.4, -0.2) is 29.7 Å². The number of carbonyl (C=O) groups excluding carboxylic acids is 1. The van der Waals surface area contributed by atoms with E-state index in [1.807, 2.05) is 24.3 Å². The van der Waals surface area contributed by atoms with Gasteiger partial charge in [-0.3, -0.25) is 4.79 Å². The molecule has 1 aromatic heterocycles. The molecule has 0 bridgehead atoms. The average molecular weight is 345 g/mol. The quantitative estimate of drug-likeness (QED) is 0.864. The van der Waals surface area contributed by atoms with Crippen molar-refractivity contribution in [3.8, 4) is 11.1 Å². The second-order valence-electron chi connectivity index (χ2n) is 5.70. The molecule has 2 heterocycles. The van der Waals surface area contributed by atoms with Gasteiger partial charge in [0.05, 0.1) is 0 Å². The predicted octanol–water partition coefficient (Wildman–Crippen LogP) is 3.79. The van der Waals surface area contributed by atoms with E-state index in [1.54, 1.807) is 5.38 Å². The first-order valence-corrected chi connectivity index (χ1v) is 8.84. The first kappa shape index (κ1) is 16.7. The van der Waals surface area contributed by atoms with E-state index in [-0.39, 0.29) is 11.5 Å². The Morgan fingerprint density at radius 3 is 2.67 bits per heavy atom. The zero-order valence-corrected chi connectivity index (χ0v) is 14.2. The van der Waals surface area contributed by atoms with E-state index in [4.69, 9.17) is 4.74 Å². The van der Waals surface area contributed by atoms with Crippen molar-refractivity contribution < 1.29 is 19.4 Å². The lowest BCUT2D eigenvalue weighted by atomic mass is 10.0. The number of carboxylic acid groups (broad SMARTS) is 1. The summed E-state index contributed by atoms with van der Waals surface area (Å²) < 4.78 is 5.35. The summed E-state index contributed by atoms with van der Waals surface area (Å²) in [6, 6.07) is 7.81. The minimum Gasteiger partial charge on any atom is -0.478 e. The fraction of sp³-hybridized carbons (Fsp3) is 0.333. The van der Waals surface area contributed by atoms with Gasteiger partial charge in [-0.05, 0) is 30.4 Å². The van der Waals surface area contributed by atoms with Crippen molar-refractivity contribution in [2.75, 3.05) is 11.9 Å². The fourth-order valence-electron chi connectivity index (χ4n) is 2.77. The van der Waals surface area contributed by atoms with Gasteiger partial charge in [-0.25, -0.2) is 4.79 Å². The molecule has 24 heavy (non-hydrogen) atoms. The van der Waals surface area contributed by atoms with Gasteiger partial charge in [-0.15, -0.1) is 11.3 Å². The molecule has 1 atom stereocenters. The third kappa shape index (κ3) is 3.34. The molecule has 1 aliphatic rings. The zero-order chi connectivity index (χ0) is 17.1. The standard InChI is InChI=1S/C18H19NO4S/c1-2-11-5-7-12(8-6-11)13-10-24-17(15(13)18(21)22)19-16(20)14-4-3-9-23-14/h5-8,10,14H,2-4,9H2,1H3,(H,19,20)(H,21,22). The summed E-state index contributed by atoms with van der Waals surface area (Å²) in [5.74, 6) is -1.32. The lowest BCUT2D eigenvalue weighted by Gasteiger charge is -2.10. The first-order valence-electron chi connectivity index (χ1n) is 7.96. The van der Waals surface area contributed by atoms with Crippen molar-refractivity contribution in [1.29, 1.82) is 0 Å². The molecule has 0 spiro atoms. The molecule has 0 aliphatic carbocycles. The largest absolute Gasteiger partial charge is 0.478 e. The number of anilines is 1. The Balaban J connectivity index is 1.89. The van der Waals surface area contributed by atoms with E-state index < -0.39 is 12.1 Å². The zero-order valence-electron chi connectivity index (χ0n) is 13.4. The van der Waals surface area contributed by atoms with Crippen LogP contribution in [-0.2, 0) is 16.0 Å². The number of aromatic carboxylic acids is 1. The van der Waals surface area contributed by atoms with Crippen molar-refractivity contribution >= 4 is 28.2 Å². The van der Waals surface area contributed by atoms with Crippen molar-refractivity contribution in [1.82, 2.24) is 0 Å². The summed E-state index contributed by atoms with van der Waals surface area (Å²) in [4.78, 5) is 23.9. The van der Waals surface area contributed by atoms with E-state index in [1.165, 1.54) is 16.9 Å². The minimum absolute atomic E-state index is 0.135. The van der Waals surface area contributed by atoms with Crippen LogP contribution in [0.3, 0.4) is 0 Å². The summed E-state index contributed by atoms with van der Waals surface area (Å²) >= 11 is 1.23. The van der Waals surface area contributed by atoms with Gasteiger partial charge in [0.2, 0.25) is 0 Å². The average Bonchev–Trinajstić information content (AvgIpc) is 3.24. The Morgan fingerprint density at radius 2 is 2.08 bits per heavy atom. The molecule has 1 aliphatic heterocycles. The second-order valence-corrected chi connectivity index (χ2v) is 6.58. The maximum absolute atomic E-state index is 12.2. The van der Waals surface area contributed by atoms with E-state index in [9.17, 15) is 14.7 Å². The van der Waals surface area contributed by atoms with Crippen molar-refractivity contribution in [3.63, 3.8) is 0 Å². The molecule has 3 rings (SSSR count). The minimum atomic E-state index is -1.05. The van der Waals surface area contributed by atoms with Gasteiger partial charge < -0.3 is 15.2 Å². The number of carbonyl (C=O) groups is 2. The van der Waals surface area contributed by atoms with Crippen LogP contribution in [0.1, 0.15) is 35.7 Å². The second kappa shape index (κ2) is 7.15. The highest BCUT2D eigenvalue weighted by molar-refractivity contribution is 7.15. The molecule has 0 saturated carbocycles. The molecule has 1 aromatic carbocycles. The van der Waals surface area contributed by atoms with Gasteiger partial charge in [-0.1, -0.05) is 31.2 Å². The predicted molar refractivity (Wildman–Crippen MR) is 93.7 cm³/mol. The molecule has 1 fully saturated rings. The molecular formula is C18H19NO4S. The number of amides is 1. The van der Waals surface area contributed by atoms with E-state index in [0.29, 0.717) is 23.6 Å². The Morgan fingerprint density at radius 1 is 1.33 bits per heavy atom. The van der Waals surface area contributed by atoms with Gasteiger partial charge in [0.25, 0.3) is 5.91 Å². The van der Waals surface area contributed by atoms with Gasteiger partial charge in [0.1, 0.15) is 16.7 Å². The highest BCUT2D eigenvalue weighted by atomic mass is 32.1. The van der Waals surface area contributed by atoms with Crippen LogP contribution < -0.4 is 5.32 Å². The van der Waals surface area contributed by atoms with Crippen LogP contribution in [0.25, 0.3) is 11.1 Å². The fourth-order valence-corrected chi connectivity index (χ4v) is 3.74. The topological polar surface area (TPSA) is 75.6 Å². The SMILES string of the molecule is CCc1ccc(-c2csc(NC(=O)C3CCCO3)c2C(=O)O)cc1. The number of nitrogens with one attached hydrogen (secondary N) is 1. The summed E-state index contributed by atoms with van der Waals surface area (Å²) in [5, 5.41) is 14.5. The van der Waals surface area contributed by atoms with Crippen LogP contribution in [0.4, 0.5) is 5.00 Å². The van der Waals surface area contributed by atoms with E-state index >= 15 is 0 Å². The summed E-state index contributed by atoms with van der Waals surface area (Å²) in [7, 11) is 0. The maximum atomic E-state index is 12.2. The first-order chi connectivity index (χ1) is 11.6. The van der Waals surface area contributed by atoms with E-state index in [0.717, 1.165) is 18.4 Å². The highest BCUT2D eigenvalue weighted by Crippen LogP contribution is 2.36. The van der Waals surface area contributed by atoms with Crippen LogP contribution in [0.5, 0.6) is 0 Å². The lowest BCUT2D eigenvalue weighted by Crippen LogP contribution is -2.27. The van der Waals surface area contributed by atoms with Gasteiger partial charge >= 0.3 is 5.97 Å². The van der Waals surface area contributed by atoms with Gasteiger partial charge in [-0.2, -0.15) is 0 Å². The van der Waals surface area contributed by atoms with Crippen LogP contribution >= 0.6 is 11.3 Å². The maximum Gasteiger partial charge on any atom is 0.339 e. The number of hydrogen-bond acceptors (Lipinski definition) is 4.